The number of amides is 2. The van der Waals surface area contributed by atoms with Crippen molar-refractivity contribution in [2.45, 2.75) is 57.8 Å². The molecule has 0 aromatic heterocycles. The molecule has 1 atom stereocenters. The first-order chi connectivity index (χ1) is 10.5. The summed E-state index contributed by atoms with van der Waals surface area (Å²) in [7, 11) is 0. The minimum Gasteiger partial charge on any atom is -0.489 e. The second-order valence-corrected chi connectivity index (χ2v) is 6.05. The molecule has 1 aromatic carbocycles. The van der Waals surface area contributed by atoms with Crippen molar-refractivity contribution < 1.29 is 14.6 Å². The highest BCUT2D eigenvalue weighted by atomic mass is 16.5. The number of carbonyl (C=O) groups excluding carboxylic acids is 1. The molecule has 1 unspecified atom stereocenters. The first kappa shape index (κ1) is 16.6. The van der Waals surface area contributed by atoms with Crippen LogP contribution in [0.1, 0.15) is 38.2 Å². The van der Waals surface area contributed by atoms with E-state index in [1.165, 1.54) is 0 Å². The normalized spacial score (nSPS) is 22.7. The fraction of sp³-hybridized carbons (Fsp3) is 0.588. The van der Waals surface area contributed by atoms with Gasteiger partial charge in [0.25, 0.3) is 0 Å². The predicted molar refractivity (Wildman–Crippen MR) is 86.1 cm³/mol. The van der Waals surface area contributed by atoms with Crippen LogP contribution in [0.5, 0.6) is 5.75 Å². The second-order valence-electron chi connectivity index (χ2n) is 6.05. The zero-order chi connectivity index (χ0) is 15.9. The van der Waals surface area contributed by atoms with E-state index in [-0.39, 0.29) is 24.3 Å². The van der Waals surface area contributed by atoms with Gasteiger partial charge in [-0.15, -0.1) is 0 Å². The van der Waals surface area contributed by atoms with E-state index in [0.29, 0.717) is 6.54 Å². The summed E-state index contributed by atoms with van der Waals surface area (Å²) in [6, 6.07) is 7.84. The molecule has 0 spiro atoms. The minimum absolute atomic E-state index is 0.0972. The van der Waals surface area contributed by atoms with Gasteiger partial charge in [0.15, 0.2) is 0 Å². The summed E-state index contributed by atoms with van der Waals surface area (Å²) >= 11 is 0. The quantitative estimate of drug-likeness (QED) is 0.782. The molecule has 122 valence electrons. The summed E-state index contributed by atoms with van der Waals surface area (Å²) in [5, 5.41) is 15.3. The van der Waals surface area contributed by atoms with E-state index in [9.17, 15) is 9.90 Å². The van der Waals surface area contributed by atoms with Gasteiger partial charge in [-0.1, -0.05) is 18.2 Å². The third-order valence-corrected chi connectivity index (χ3v) is 4.00. The summed E-state index contributed by atoms with van der Waals surface area (Å²) < 4.78 is 5.82. The van der Waals surface area contributed by atoms with E-state index in [1.54, 1.807) is 0 Å². The van der Waals surface area contributed by atoms with Gasteiger partial charge in [-0.05, 0) is 51.2 Å². The molecule has 2 rings (SSSR count). The maximum atomic E-state index is 11.9. The van der Waals surface area contributed by atoms with Gasteiger partial charge in [-0.25, -0.2) is 4.79 Å². The lowest BCUT2D eigenvalue weighted by atomic mass is 9.93. The molecule has 5 heteroatoms. The number of aryl methyl sites for hydroxylation is 1. The van der Waals surface area contributed by atoms with E-state index >= 15 is 0 Å². The lowest BCUT2D eigenvalue weighted by Gasteiger charge is -2.26. The largest absolute Gasteiger partial charge is 0.489 e. The molecular weight excluding hydrogens is 280 g/mol. The maximum absolute atomic E-state index is 11.9. The van der Waals surface area contributed by atoms with Crippen LogP contribution >= 0.6 is 0 Å². The molecule has 3 N–H and O–H groups in total. The number of nitrogens with one attached hydrogen (secondary N) is 2. The zero-order valence-electron chi connectivity index (χ0n) is 13.3. The average Bonchev–Trinajstić information content (AvgIpc) is 2.50. The number of rotatable bonds is 5. The predicted octanol–water partition coefficient (Wildman–Crippen LogP) is 2.37. The summed E-state index contributed by atoms with van der Waals surface area (Å²) in [5.74, 6) is 0.846. The van der Waals surface area contributed by atoms with Crippen molar-refractivity contribution in [1.82, 2.24) is 10.6 Å². The number of hydrogen-bond donors (Lipinski definition) is 3. The van der Waals surface area contributed by atoms with Gasteiger partial charge in [0.2, 0.25) is 0 Å². The van der Waals surface area contributed by atoms with E-state index in [1.807, 2.05) is 38.1 Å². The molecule has 22 heavy (non-hydrogen) atoms. The number of benzene rings is 1. The van der Waals surface area contributed by atoms with Gasteiger partial charge in [0.1, 0.15) is 11.9 Å². The average molecular weight is 306 g/mol. The first-order valence-electron chi connectivity index (χ1n) is 7.99. The fourth-order valence-electron chi connectivity index (χ4n) is 2.64. The Labute approximate surface area is 132 Å². The van der Waals surface area contributed by atoms with Gasteiger partial charge in [-0.3, -0.25) is 0 Å². The molecule has 1 aliphatic rings. The smallest absolute Gasteiger partial charge is 0.315 e. The summed E-state index contributed by atoms with van der Waals surface area (Å²) in [6.07, 6.45) is 2.90. The van der Waals surface area contributed by atoms with E-state index in [0.717, 1.165) is 37.0 Å². The Morgan fingerprint density at radius 2 is 2.00 bits per heavy atom. The van der Waals surface area contributed by atoms with Crippen LogP contribution in [0.3, 0.4) is 0 Å². The zero-order valence-corrected chi connectivity index (χ0v) is 13.3. The van der Waals surface area contributed by atoms with Gasteiger partial charge >= 0.3 is 6.03 Å². The molecule has 1 aliphatic carbocycles. The van der Waals surface area contributed by atoms with E-state index in [4.69, 9.17) is 4.74 Å². The molecule has 0 saturated heterocycles. The summed E-state index contributed by atoms with van der Waals surface area (Å²) in [4.78, 5) is 11.9. The van der Waals surface area contributed by atoms with Gasteiger partial charge in [0.05, 0.1) is 12.6 Å². The van der Waals surface area contributed by atoms with Crippen molar-refractivity contribution >= 4 is 6.03 Å². The van der Waals surface area contributed by atoms with E-state index < -0.39 is 0 Å². The Morgan fingerprint density at radius 1 is 1.32 bits per heavy atom. The molecule has 1 saturated carbocycles. The fourth-order valence-corrected chi connectivity index (χ4v) is 2.64. The maximum Gasteiger partial charge on any atom is 0.315 e. The van der Waals surface area contributed by atoms with Crippen LogP contribution in [-0.4, -0.2) is 35.9 Å². The molecular formula is C17H26N2O3. The standard InChI is InChI=1S/C17H26N2O3/c1-12-5-3-4-6-16(12)22-13(2)11-18-17(21)19-14-7-9-15(20)10-8-14/h3-6,13-15,20H,7-11H2,1-2H3,(H2,18,19,21). The highest BCUT2D eigenvalue weighted by molar-refractivity contribution is 5.74. The highest BCUT2D eigenvalue weighted by Crippen LogP contribution is 2.18. The number of carbonyl (C=O) groups is 1. The topological polar surface area (TPSA) is 70.6 Å². The molecule has 2 amide bonds. The van der Waals surface area contributed by atoms with Crippen LogP contribution in [0.2, 0.25) is 0 Å². The van der Waals surface area contributed by atoms with Crippen molar-refractivity contribution in [3.8, 4) is 5.75 Å². The third-order valence-electron chi connectivity index (χ3n) is 4.00. The van der Waals surface area contributed by atoms with Crippen molar-refractivity contribution in [3.05, 3.63) is 29.8 Å². The number of aliphatic hydroxyl groups is 1. The lowest BCUT2D eigenvalue weighted by Crippen LogP contribution is -2.46. The van der Waals surface area contributed by atoms with Crippen LogP contribution in [0, 0.1) is 6.92 Å². The Balaban J connectivity index is 1.68. The second kappa shape index (κ2) is 8.03. The van der Waals surface area contributed by atoms with Gasteiger partial charge in [-0.2, -0.15) is 0 Å². The Morgan fingerprint density at radius 3 is 2.68 bits per heavy atom. The SMILES string of the molecule is Cc1ccccc1OC(C)CNC(=O)NC1CCC(O)CC1. The summed E-state index contributed by atoms with van der Waals surface area (Å²) in [6.45, 7) is 4.39. The Hall–Kier alpha value is -1.75. The van der Waals surface area contributed by atoms with Crippen molar-refractivity contribution in [1.29, 1.82) is 0 Å². The molecule has 5 nitrogen and oxygen atoms in total. The summed E-state index contributed by atoms with van der Waals surface area (Å²) in [5.41, 5.74) is 1.08. The molecule has 0 radical (unpaired) electrons. The Bertz CT molecular complexity index is 485. The van der Waals surface area contributed by atoms with Crippen LogP contribution in [-0.2, 0) is 0 Å². The van der Waals surface area contributed by atoms with Crippen LogP contribution in [0.25, 0.3) is 0 Å². The highest BCUT2D eigenvalue weighted by Gasteiger charge is 2.20. The van der Waals surface area contributed by atoms with Crippen molar-refractivity contribution in [2.75, 3.05) is 6.54 Å². The van der Waals surface area contributed by atoms with Crippen molar-refractivity contribution in [2.24, 2.45) is 0 Å². The molecule has 1 fully saturated rings. The number of urea groups is 1. The molecule has 0 bridgehead atoms. The van der Waals surface area contributed by atoms with Crippen molar-refractivity contribution in [3.63, 3.8) is 0 Å². The lowest BCUT2D eigenvalue weighted by molar-refractivity contribution is 0.117. The van der Waals surface area contributed by atoms with Gasteiger partial charge < -0.3 is 20.5 Å². The number of hydrogen-bond acceptors (Lipinski definition) is 3. The molecule has 1 aromatic rings. The van der Waals surface area contributed by atoms with Crippen LogP contribution < -0.4 is 15.4 Å². The number of para-hydroxylation sites is 1. The monoisotopic (exact) mass is 306 g/mol. The molecule has 0 heterocycles. The van der Waals surface area contributed by atoms with E-state index in [2.05, 4.69) is 10.6 Å². The Kier molecular flexibility index (Phi) is 6.07. The minimum atomic E-state index is -0.205. The number of aliphatic hydroxyl groups excluding tert-OH is 1. The van der Waals surface area contributed by atoms with Crippen LogP contribution in [0.15, 0.2) is 24.3 Å². The van der Waals surface area contributed by atoms with Crippen LogP contribution in [0.4, 0.5) is 4.79 Å². The van der Waals surface area contributed by atoms with Gasteiger partial charge in [0, 0.05) is 6.04 Å². The number of ether oxygens (including phenoxy) is 1. The first-order valence-corrected chi connectivity index (χ1v) is 7.99. The third kappa shape index (κ3) is 5.22. The molecule has 0 aliphatic heterocycles.